The van der Waals surface area contributed by atoms with Crippen LogP contribution < -0.4 is 15.0 Å². The molecule has 0 saturated carbocycles. The fourth-order valence-corrected chi connectivity index (χ4v) is 5.06. The number of ether oxygens (including phenoxy) is 2. The monoisotopic (exact) mass is 603 g/mol. The molecule has 1 heterocycles. The van der Waals surface area contributed by atoms with Gasteiger partial charge in [0.05, 0.1) is 29.2 Å². The summed E-state index contributed by atoms with van der Waals surface area (Å²) in [6.07, 6.45) is 2.40. The molecule has 5 aromatic rings. The van der Waals surface area contributed by atoms with Gasteiger partial charge in [0.25, 0.3) is 5.56 Å². The van der Waals surface area contributed by atoms with Gasteiger partial charge in [0, 0.05) is 10.4 Å². The molecule has 1 aromatic heterocycles. The molecule has 8 heteroatoms. The van der Waals surface area contributed by atoms with E-state index in [1.165, 1.54) is 4.68 Å². The first kappa shape index (κ1) is 26.9. The van der Waals surface area contributed by atoms with E-state index < -0.39 is 0 Å². The van der Waals surface area contributed by atoms with E-state index in [4.69, 9.17) is 26.1 Å². The van der Waals surface area contributed by atoms with Gasteiger partial charge in [0.15, 0.2) is 11.5 Å². The lowest BCUT2D eigenvalue weighted by Gasteiger charge is -2.15. The zero-order valence-corrected chi connectivity index (χ0v) is 24.2. The number of halogens is 2. The molecular formula is C31H27BrClN3O3. The van der Waals surface area contributed by atoms with E-state index in [2.05, 4.69) is 46.2 Å². The van der Waals surface area contributed by atoms with Gasteiger partial charge in [0.2, 0.25) is 0 Å². The van der Waals surface area contributed by atoms with Crippen LogP contribution in [-0.4, -0.2) is 23.0 Å². The van der Waals surface area contributed by atoms with Crippen LogP contribution in [0, 0.1) is 0 Å². The number of fused-ring (bicyclic) bond motifs is 2. The van der Waals surface area contributed by atoms with Crippen LogP contribution in [0.3, 0.4) is 0 Å². The van der Waals surface area contributed by atoms with Crippen molar-refractivity contribution in [2.24, 2.45) is 5.10 Å². The highest BCUT2D eigenvalue weighted by Gasteiger charge is 2.17. The van der Waals surface area contributed by atoms with Crippen molar-refractivity contribution in [3.8, 4) is 11.5 Å². The maximum Gasteiger partial charge on any atom is 0.282 e. The van der Waals surface area contributed by atoms with Gasteiger partial charge in [-0.05, 0) is 58.7 Å². The number of hydrogen-bond donors (Lipinski definition) is 0. The molecular weight excluding hydrogens is 578 g/mol. The van der Waals surface area contributed by atoms with Crippen LogP contribution >= 0.6 is 27.5 Å². The van der Waals surface area contributed by atoms with E-state index in [1.807, 2.05) is 43.3 Å². The molecule has 0 radical (unpaired) electrons. The van der Waals surface area contributed by atoms with Crippen molar-refractivity contribution < 1.29 is 9.47 Å². The highest BCUT2D eigenvalue weighted by atomic mass is 79.9. The molecule has 0 saturated heterocycles. The van der Waals surface area contributed by atoms with E-state index in [0.717, 1.165) is 27.2 Å². The van der Waals surface area contributed by atoms with Crippen molar-refractivity contribution >= 4 is 55.4 Å². The summed E-state index contributed by atoms with van der Waals surface area (Å²) in [7, 11) is 1.56. The molecule has 0 unspecified atom stereocenters. The van der Waals surface area contributed by atoms with Crippen molar-refractivity contribution in [1.82, 2.24) is 9.66 Å². The average molecular weight is 605 g/mol. The van der Waals surface area contributed by atoms with Crippen LogP contribution in [0.2, 0.25) is 5.02 Å². The summed E-state index contributed by atoms with van der Waals surface area (Å²) in [4.78, 5) is 18.2. The Morgan fingerprint density at radius 2 is 1.87 bits per heavy atom. The first-order valence-electron chi connectivity index (χ1n) is 12.6. The van der Waals surface area contributed by atoms with Crippen molar-refractivity contribution in [3.63, 3.8) is 0 Å². The summed E-state index contributed by atoms with van der Waals surface area (Å²) in [6, 6.07) is 23.3. The average Bonchev–Trinajstić information content (AvgIpc) is 2.95. The number of aromatic nitrogens is 2. The molecule has 4 aromatic carbocycles. The minimum atomic E-state index is -0.235. The van der Waals surface area contributed by atoms with Gasteiger partial charge in [-0.1, -0.05) is 83.8 Å². The van der Waals surface area contributed by atoms with Gasteiger partial charge >= 0.3 is 0 Å². The molecule has 1 atom stereocenters. The van der Waals surface area contributed by atoms with Crippen LogP contribution in [-0.2, 0) is 6.61 Å². The molecule has 0 aliphatic heterocycles. The zero-order valence-electron chi connectivity index (χ0n) is 21.8. The summed E-state index contributed by atoms with van der Waals surface area (Å²) in [5.74, 6) is 1.55. The fourth-order valence-electron chi connectivity index (χ4n) is 4.43. The Kier molecular flexibility index (Phi) is 8.00. The summed E-state index contributed by atoms with van der Waals surface area (Å²) in [5.41, 5.74) is 2.11. The molecule has 0 spiro atoms. The van der Waals surface area contributed by atoms with Crippen LogP contribution in [0.15, 0.2) is 87.2 Å². The number of methoxy groups -OCH3 is 1. The standard InChI is InChI=1S/C31H27BrClN3O3/c1-4-19(2)30-35-27-13-12-23(32)16-25(27)31(37)36(30)34-17-20-14-26(33)29(28(15-20)38-3)39-18-22-10-7-9-21-8-5-6-11-24(21)22/h5-17,19H,4,18H2,1-3H3/t19-/m1/s1. The molecule has 198 valence electrons. The number of nitrogens with zero attached hydrogens (tertiary/aromatic N) is 3. The molecule has 0 aliphatic carbocycles. The lowest BCUT2D eigenvalue weighted by molar-refractivity contribution is 0.286. The highest BCUT2D eigenvalue weighted by molar-refractivity contribution is 9.10. The van der Waals surface area contributed by atoms with Crippen molar-refractivity contribution in [2.75, 3.05) is 7.11 Å². The number of benzene rings is 4. The third-order valence-corrected chi connectivity index (χ3v) is 7.49. The molecule has 6 nitrogen and oxygen atoms in total. The molecule has 5 rings (SSSR count). The second-order valence-electron chi connectivity index (χ2n) is 9.26. The van der Waals surface area contributed by atoms with Crippen LogP contribution in [0.1, 0.15) is 43.1 Å². The van der Waals surface area contributed by atoms with E-state index in [-0.39, 0.29) is 11.5 Å². The normalized spacial score (nSPS) is 12.3. The van der Waals surface area contributed by atoms with Gasteiger partial charge in [0.1, 0.15) is 12.4 Å². The Morgan fingerprint density at radius 1 is 1.08 bits per heavy atom. The second kappa shape index (κ2) is 11.6. The Labute approximate surface area is 240 Å². The summed E-state index contributed by atoms with van der Waals surface area (Å²) < 4.78 is 13.9. The number of rotatable bonds is 8. The fraction of sp³-hybridized carbons (Fsp3) is 0.194. The van der Waals surface area contributed by atoms with Crippen LogP contribution in [0.5, 0.6) is 11.5 Å². The van der Waals surface area contributed by atoms with Gasteiger partial charge in [-0.25, -0.2) is 4.98 Å². The molecule has 0 aliphatic rings. The number of hydrogen-bond acceptors (Lipinski definition) is 5. The lowest BCUT2D eigenvalue weighted by Crippen LogP contribution is -2.23. The topological polar surface area (TPSA) is 65.7 Å². The van der Waals surface area contributed by atoms with E-state index in [9.17, 15) is 4.79 Å². The summed E-state index contributed by atoms with van der Waals surface area (Å²) in [6.45, 7) is 4.41. The van der Waals surface area contributed by atoms with Gasteiger partial charge in [-0.3, -0.25) is 4.79 Å². The lowest BCUT2D eigenvalue weighted by atomic mass is 10.1. The van der Waals surface area contributed by atoms with Crippen LogP contribution in [0.4, 0.5) is 0 Å². The SMILES string of the molecule is CC[C@@H](C)c1nc2ccc(Br)cc2c(=O)n1N=Cc1cc(Cl)c(OCc2cccc3ccccc23)c(OC)c1. The van der Waals surface area contributed by atoms with Crippen molar-refractivity contribution in [2.45, 2.75) is 32.8 Å². The Hall–Kier alpha value is -3.68. The minimum absolute atomic E-state index is 0.0332. The van der Waals surface area contributed by atoms with Crippen LogP contribution in [0.25, 0.3) is 21.7 Å². The molecule has 0 amide bonds. The first-order chi connectivity index (χ1) is 18.9. The largest absolute Gasteiger partial charge is 0.493 e. The maximum absolute atomic E-state index is 13.4. The van der Waals surface area contributed by atoms with Gasteiger partial charge in [-0.15, -0.1) is 0 Å². The predicted octanol–water partition coefficient (Wildman–Crippen LogP) is 7.95. The third-order valence-electron chi connectivity index (χ3n) is 6.71. The first-order valence-corrected chi connectivity index (χ1v) is 13.8. The third kappa shape index (κ3) is 5.56. The molecule has 39 heavy (non-hydrogen) atoms. The predicted molar refractivity (Wildman–Crippen MR) is 162 cm³/mol. The van der Waals surface area contributed by atoms with E-state index in [0.29, 0.717) is 45.4 Å². The zero-order chi connectivity index (χ0) is 27.5. The Morgan fingerprint density at radius 3 is 2.67 bits per heavy atom. The van der Waals surface area contributed by atoms with E-state index >= 15 is 0 Å². The van der Waals surface area contributed by atoms with E-state index in [1.54, 1.807) is 31.5 Å². The quantitative estimate of drug-likeness (QED) is 0.169. The Balaban J connectivity index is 1.48. The molecule has 0 bridgehead atoms. The highest BCUT2D eigenvalue weighted by Crippen LogP contribution is 2.37. The Bertz CT molecular complexity index is 1760. The van der Waals surface area contributed by atoms with Gasteiger partial charge in [-0.2, -0.15) is 9.78 Å². The minimum Gasteiger partial charge on any atom is -0.493 e. The van der Waals surface area contributed by atoms with Crippen molar-refractivity contribution in [3.05, 3.63) is 110 Å². The summed E-state index contributed by atoms with van der Waals surface area (Å²) in [5, 5.41) is 7.68. The van der Waals surface area contributed by atoms with Gasteiger partial charge < -0.3 is 9.47 Å². The summed E-state index contributed by atoms with van der Waals surface area (Å²) >= 11 is 10.1. The smallest absolute Gasteiger partial charge is 0.282 e. The molecule has 0 N–H and O–H groups in total. The molecule has 0 fully saturated rings. The maximum atomic E-state index is 13.4. The second-order valence-corrected chi connectivity index (χ2v) is 10.6. The van der Waals surface area contributed by atoms with Crippen molar-refractivity contribution in [1.29, 1.82) is 0 Å².